The molecule has 0 heterocycles. The Balaban J connectivity index is 0.00000441. The summed E-state index contributed by atoms with van der Waals surface area (Å²) in [5.74, 6) is 0.121. The molecular formula is C14H20F4IN3. The van der Waals surface area contributed by atoms with Crippen LogP contribution in [0.25, 0.3) is 0 Å². The topological polar surface area (TPSA) is 36.4 Å². The van der Waals surface area contributed by atoms with E-state index in [1.54, 1.807) is 25.2 Å². The molecule has 0 aromatic heterocycles. The molecule has 1 rings (SSSR count). The van der Waals surface area contributed by atoms with E-state index in [-0.39, 0.29) is 42.8 Å². The van der Waals surface area contributed by atoms with E-state index in [0.717, 1.165) is 0 Å². The van der Waals surface area contributed by atoms with Crippen LogP contribution in [0.2, 0.25) is 0 Å². The molecule has 0 saturated heterocycles. The number of hydrogen-bond donors (Lipinski definition) is 2. The van der Waals surface area contributed by atoms with Crippen LogP contribution in [-0.2, 0) is 6.54 Å². The second-order valence-electron chi connectivity index (χ2n) is 4.52. The third-order valence-corrected chi connectivity index (χ3v) is 2.81. The van der Waals surface area contributed by atoms with E-state index in [9.17, 15) is 17.6 Å². The van der Waals surface area contributed by atoms with Gasteiger partial charge in [0.25, 0.3) is 0 Å². The molecule has 0 amide bonds. The fourth-order valence-electron chi connectivity index (χ4n) is 1.70. The highest BCUT2D eigenvalue weighted by Crippen LogP contribution is 2.21. The molecule has 0 spiro atoms. The number of benzene rings is 1. The van der Waals surface area contributed by atoms with Crippen molar-refractivity contribution in [3.8, 4) is 0 Å². The molecule has 22 heavy (non-hydrogen) atoms. The van der Waals surface area contributed by atoms with Crippen molar-refractivity contribution in [2.24, 2.45) is 4.99 Å². The first-order valence-electron chi connectivity index (χ1n) is 6.67. The summed E-state index contributed by atoms with van der Waals surface area (Å²) < 4.78 is 49.3. The molecule has 0 saturated carbocycles. The highest BCUT2D eigenvalue weighted by Gasteiger charge is 2.25. The summed E-state index contributed by atoms with van der Waals surface area (Å²) in [5, 5.41) is 5.80. The van der Waals surface area contributed by atoms with Gasteiger partial charge in [0.05, 0.1) is 0 Å². The molecule has 0 fully saturated rings. The maximum Gasteiger partial charge on any atom is 0.389 e. The highest BCUT2D eigenvalue weighted by molar-refractivity contribution is 14.0. The second kappa shape index (κ2) is 10.6. The summed E-state index contributed by atoms with van der Waals surface area (Å²) in [6, 6.07) is 6.35. The summed E-state index contributed by atoms with van der Waals surface area (Å²) in [6.07, 6.45) is -4.43. The lowest BCUT2D eigenvalue weighted by Gasteiger charge is -2.12. The summed E-state index contributed by atoms with van der Waals surface area (Å²) in [5.41, 5.74) is 0.498. The maximum atomic E-state index is 13.4. The molecule has 0 atom stereocenters. The van der Waals surface area contributed by atoms with E-state index in [0.29, 0.717) is 24.5 Å². The van der Waals surface area contributed by atoms with Crippen LogP contribution in [0, 0.1) is 5.82 Å². The molecule has 0 aliphatic rings. The van der Waals surface area contributed by atoms with Crippen molar-refractivity contribution >= 4 is 29.9 Å². The third kappa shape index (κ3) is 9.06. The van der Waals surface area contributed by atoms with Crippen molar-refractivity contribution < 1.29 is 17.6 Å². The quantitative estimate of drug-likeness (QED) is 0.235. The van der Waals surface area contributed by atoms with Gasteiger partial charge in [-0.25, -0.2) is 4.39 Å². The second-order valence-corrected chi connectivity index (χ2v) is 4.52. The smallest absolute Gasteiger partial charge is 0.356 e. The first kappa shape index (κ1) is 20.9. The summed E-state index contributed by atoms with van der Waals surface area (Å²) in [7, 11) is 1.55. The lowest BCUT2D eigenvalue weighted by atomic mass is 10.2. The average Bonchev–Trinajstić information content (AvgIpc) is 2.42. The Bertz CT molecular complexity index is 464. The molecule has 0 bridgehead atoms. The number of rotatable bonds is 6. The van der Waals surface area contributed by atoms with Crippen LogP contribution in [0.1, 0.15) is 24.8 Å². The van der Waals surface area contributed by atoms with Gasteiger partial charge in [-0.15, -0.1) is 24.0 Å². The number of unbranched alkanes of at least 4 members (excludes halogenated alkanes) is 1. The van der Waals surface area contributed by atoms with Crippen molar-refractivity contribution in [1.82, 2.24) is 10.6 Å². The first-order chi connectivity index (χ1) is 9.92. The van der Waals surface area contributed by atoms with E-state index in [1.165, 1.54) is 6.07 Å². The van der Waals surface area contributed by atoms with E-state index < -0.39 is 12.6 Å². The Hall–Kier alpha value is -1.06. The minimum atomic E-state index is -4.11. The zero-order valence-electron chi connectivity index (χ0n) is 12.2. The minimum absolute atomic E-state index is 0. The molecule has 0 radical (unpaired) electrons. The van der Waals surface area contributed by atoms with Crippen LogP contribution in [0.3, 0.4) is 0 Å². The molecule has 0 aliphatic heterocycles. The van der Waals surface area contributed by atoms with Gasteiger partial charge in [-0.05, 0) is 18.9 Å². The van der Waals surface area contributed by atoms with E-state index in [4.69, 9.17) is 0 Å². The molecule has 0 unspecified atom stereocenters. The molecular weight excluding hydrogens is 413 g/mol. The molecule has 8 heteroatoms. The number of guanidine groups is 1. The van der Waals surface area contributed by atoms with Crippen LogP contribution >= 0.6 is 24.0 Å². The largest absolute Gasteiger partial charge is 0.389 e. The number of aliphatic imine (C=N–C) groups is 1. The number of nitrogens with zero attached hydrogens (tertiary/aromatic N) is 1. The van der Waals surface area contributed by atoms with Crippen LogP contribution in [-0.4, -0.2) is 25.7 Å². The van der Waals surface area contributed by atoms with Crippen molar-refractivity contribution in [3.05, 3.63) is 35.6 Å². The number of alkyl halides is 3. The Morgan fingerprint density at radius 2 is 1.82 bits per heavy atom. The average molecular weight is 433 g/mol. The number of halogens is 5. The molecule has 1 aromatic carbocycles. The van der Waals surface area contributed by atoms with Gasteiger partial charge in [0.2, 0.25) is 0 Å². The lowest BCUT2D eigenvalue weighted by molar-refractivity contribution is -0.135. The van der Waals surface area contributed by atoms with Gasteiger partial charge in [-0.3, -0.25) is 4.99 Å². The van der Waals surface area contributed by atoms with Crippen molar-refractivity contribution in [2.45, 2.75) is 32.0 Å². The number of hydrogen-bond acceptors (Lipinski definition) is 1. The molecule has 2 N–H and O–H groups in total. The SMILES string of the molecule is CN=C(NCCCCC(F)(F)F)NCc1ccccc1F.I. The Labute approximate surface area is 144 Å². The minimum Gasteiger partial charge on any atom is -0.356 e. The summed E-state index contributed by atoms with van der Waals surface area (Å²) in [4.78, 5) is 3.93. The van der Waals surface area contributed by atoms with Crippen LogP contribution in [0.5, 0.6) is 0 Å². The van der Waals surface area contributed by atoms with E-state index in [1.807, 2.05) is 0 Å². The predicted molar refractivity (Wildman–Crippen MR) is 89.9 cm³/mol. The van der Waals surface area contributed by atoms with Crippen LogP contribution in [0.4, 0.5) is 17.6 Å². The number of nitrogens with one attached hydrogen (secondary N) is 2. The van der Waals surface area contributed by atoms with Crippen LogP contribution in [0.15, 0.2) is 29.3 Å². The van der Waals surface area contributed by atoms with Crippen molar-refractivity contribution in [2.75, 3.05) is 13.6 Å². The van der Waals surface area contributed by atoms with Crippen molar-refractivity contribution in [1.29, 1.82) is 0 Å². The van der Waals surface area contributed by atoms with E-state index in [2.05, 4.69) is 15.6 Å². The van der Waals surface area contributed by atoms with Gasteiger partial charge in [0.15, 0.2) is 5.96 Å². The van der Waals surface area contributed by atoms with Gasteiger partial charge in [0.1, 0.15) is 5.82 Å². The zero-order valence-corrected chi connectivity index (χ0v) is 14.5. The van der Waals surface area contributed by atoms with Gasteiger partial charge in [-0.1, -0.05) is 18.2 Å². The van der Waals surface area contributed by atoms with Crippen LogP contribution < -0.4 is 10.6 Å². The van der Waals surface area contributed by atoms with Gasteiger partial charge in [0, 0.05) is 32.1 Å². The lowest BCUT2D eigenvalue weighted by Crippen LogP contribution is -2.37. The monoisotopic (exact) mass is 433 g/mol. The molecule has 126 valence electrons. The van der Waals surface area contributed by atoms with Gasteiger partial charge in [-0.2, -0.15) is 13.2 Å². The summed E-state index contributed by atoms with van der Waals surface area (Å²) in [6.45, 7) is 0.641. The molecule has 3 nitrogen and oxygen atoms in total. The summed E-state index contributed by atoms with van der Waals surface area (Å²) >= 11 is 0. The standard InChI is InChI=1S/C14H19F4N3.HI/c1-19-13(20-9-5-4-8-14(16,17)18)21-10-11-6-2-3-7-12(11)15;/h2-3,6-7H,4-5,8-10H2,1H3,(H2,19,20,21);1H. The van der Waals surface area contributed by atoms with Gasteiger partial charge >= 0.3 is 6.18 Å². The fourth-order valence-corrected chi connectivity index (χ4v) is 1.70. The Morgan fingerprint density at radius 3 is 2.41 bits per heavy atom. The molecule has 1 aromatic rings. The third-order valence-electron chi connectivity index (χ3n) is 2.81. The van der Waals surface area contributed by atoms with Crippen molar-refractivity contribution in [3.63, 3.8) is 0 Å². The fraction of sp³-hybridized carbons (Fsp3) is 0.500. The predicted octanol–water partition coefficient (Wildman–Crippen LogP) is 3.84. The first-order valence-corrected chi connectivity index (χ1v) is 6.67. The Morgan fingerprint density at radius 1 is 1.14 bits per heavy atom. The van der Waals surface area contributed by atoms with Gasteiger partial charge < -0.3 is 10.6 Å². The highest BCUT2D eigenvalue weighted by atomic mass is 127. The van der Waals surface area contributed by atoms with E-state index >= 15 is 0 Å². The maximum absolute atomic E-state index is 13.4. The Kier molecular flexibility index (Phi) is 10.1. The molecule has 0 aliphatic carbocycles. The zero-order chi connectivity index (χ0) is 15.7. The normalized spacial score (nSPS) is 11.8.